The van der Waals surface area contributed by atoms with Gasteiger partial charge in [0.25, 0.3) is 0 Å². The van der Waals surface area contributed by atoms with Crippen LogP contribution in [-0.4, -0.2) is 30.8 Å². The number of hydrogen-bond donors (Lipinski definition) is 1. The van der Waals surface area contributed by atoms with Gasteiger partial charge in [0.2, 0.25) is 0 Å². The number of aromatic nitrogens is 1. The first-order chi connectivity index (χ1) is 8.99. The third-order valence-corrected chi connectivity index (χ3v) is 5.53. The number of aryl methyl sites for hydroxylation is 1. The second-order valence-electron chi connectivity index (χ2n) is 4.74. The quantitative estimate of drug-likeness (QED) is 0.914. The molecule has 0 unspecified atom stereocenters. The summed E-state index contributed by atoms with van der Waals surface area (Å²) in [5, 5.41) is 0. The van der Waals surface area contributed by atoms with Gasteiger partial charge in [-0.3, -0.25) is 4.72 Å². The van der Waals surface area contributed by atoms with Crippen LogP contribution in [-0.2, 0) is 10.2 Å². The molecule has 0 aromatic carbocycles. The molecule has 0 saturated carbocycles. The largest absolute Gasteiger partial charge is 0.302 e. The fraction of sp³-hybridized carbons (Fsp3) is 0.583. The van der Waals surface area contributed by atoms with E-state index in [2.05, 4.69) is 25.6 Å². The number of anilines is 1. The highest BCUT2D eigenvalue weighted by Crippen LogP contribution is 2.19. The summed E-state index contributed by atoms with van der Waals surface area (Å²) in [5.74, 6) is 0.366. The van der Waals surface area contributed by atoms with Gasteiger partial charge in [0.1, 0.15) is 5.82 Å². The normalized spacial score (nSPS) is 18.0. The third kappa shape index (κ3) is 3.90. The van der Waals surface area contributed by atoms with Gasteiger partial charge in [0, 0.05) is 23.8 Å². The van der Waals surface area contributed by atoms with Gasteiger partial charge in [-0.05, 0) is 47.3 Å². The highest BCUT2D eigenvalue weighted by atomic mass is 79.9. The monoisotopic (exact) mass is 347 g/mol. The van der Waals surface area contributed by atoms with Crippen LogP contribution in [0.1, 0.15) is 31.2 Å². The number of halogens is 1. The molecule has 1 aliphatic rings. The Morgan fingerprint density at radius 1 is 1.26 bits per heavy atom. The Bertz CT molecular complexity index is 540. The molecule has 1 aliphatic heterocycles. The molecule has 7 heteroatoms. The van der Waals surface area contributed by atoms with E-state index in [0.29, 0.717) is 18.9 Å². The van der Waals surface area contributed by atoms with Crippen molar-refractivity contribution < 1.29 is 8.42 Å². The van der Waals surface area contributed by atoms with Crippen molar-refractivity contribution in [3.05, 3.63) is 22.3 Å². The predicted molar refractivity (Wildman–Crippen MR) is 79.3 cm³/mol. The smallest absolute Gasteiger partial charge is 0.254 e. The van der Waals surface area contributed by atoms with Crippen LogP contribution in [0.2, 0.25) is 0 Å². The van der Waals surface area contributed by atoms with Crippen LogP contribution >= 0.6 is 15.9 Å². The van der Waals surface area contributed by atoms with Crippen LogP contribution in [0, 0.1) is 6.92 Å². The van der Waals surface area contributed by atoms with E-state index in [0.717, 1.165) is 35.7 Å². The number of nitrogens with zero attached hydrogens (tertiary/aromatic N) is 2. The molecule has 19 heavy (non-hydrogen) atoms. The summed E-state index contributed by atoms with van der Waals surface area (Å²) in [7, 11) is -3.48. The van der Waals surface area contributed by atoms with Gasteiger partial charge in [-0.25, -0.2) is 4.98 Å². The van der Waals surface area contributed by atoms with Crippen molar-refractivity contribution in [3.63, 3.8) is 0 Å². The van der Waals surface area contributed by atoms with E-state index < -0.39 is 10.2 Å². The first-order valence-electron chi connectivity index (χ1n) is 6.39. The Kier molecular flexibility index (Phi) is 4.81. The van der Waals surface area contributed by atoms with Gasteiger partial charge in [0.05, 0.1) is 0 Å². The van der Waals surface area contributed by atoms with Crippen molar-refractivity contribution in [2.24, 2.45) is 0 Å². The van der Waals surface area contributed by atoms with Crippen molar-refractivity contribution in [2.75, 3.05) is 17.8 Å². The van der Waals surface area contributed by atoms with Gasteiger partial charge >= 0.3 is 10.2 Å². The maximum Gasteiger partial charge on any atom is 0.302 e. The molecule has 0 radical (unpaired) electrons. The maximum atomic E-state index is 12.3. The van der Waals surface area contributed by atoms with Gasteiger partial charge in [0.15, 0.2) is 0 Å². The lowest BCUT2D eigenvalue weighted by Gasteiger charge is -2.20. The summed E-state index contributed by atoms with van der Waals surface area (Å²) in [4.78, 5) is 4.08. The highest BCUT2D eigenvalue weighted by Gasteiger charge is 2.23. The van der Waals surface area contributed by atoms with E-state index >= 15 is 0 Å². The summed E-state index contributed by atoms with van der Waals surface area (Å²) in [5.41, 5.74) is 0.948. The average Bonchev–Trinajstić information content (AvgIpc) is 2.63. The molecule has 0 aliphatic carbocycles. The lowest BCUT2D eigenvalue weighted by molar-refractivity contribution is 0.427. The Morgan fingerprint density at radius 2 is 1.89 bits per heavy atom. The molecular formula is C12H18BrN3O2S. The Balaban J connectivity index is 2.13. The van der Waals surface area contributed by atoms with Gasteiger partial charge in [-0.2, -0.15) is 12.7 Å². The zero-order valence-electron chi connectivity index (χ0n) is 10.9. The fourth-order valence-electron chi connectivity index (χ4n) is 2.07. The summed E-state index contributed by atoms with van der Waals surface area (Å²) < 4.78 is 29.5. The molecule has 1 N–H and O–H groups in total. The van der Waals surface area contributed by atoms with E-state index in [1.807, 2.05) is 6.92 Å². The molecule has 1 saturated heterocycles. The minimum Gasteiger partial charge on any atom is -0.254 e. The van der Waals surface area contributed by atoms with Crippen LogP contribution in [0.25, 0.3) is 0 Å². The maximum absolute atomic E-state index is 12.3. The SMILES string of the molecule is Cc1cc(NS(=O)(=O)N2CCCCCC2)ncc1Br. The number of hydrogen-bond acceptors (Lipinski definition) is 3. The van der Waals surface area contributed by atoms with Crippen LogP contribution in [0.4, 0.5) is 5.82 Å². The fourth-order valence-corrected chi connectivity index (χ4v) is 3.53. The van der Waals surface area contributed by atoms with Crippen molar-refractivity contribution in [2.45, 2.75) is 32.6 Å². The number of nitrogens with one attached hydrogen (secondary N) is 1. The molecule has 0 bridgehead atoms. The molecule has 1 fully saturated rings. The van der Waals surface area contributed by atoms with Crippen LogP contribution in [0.15, 0.2) is 16.7 Å². The standard InChI is InChI=1S/C12H18BrN3O2S/c1-10-8-12(14-9-11(10)13)15-19(17,18)16-6-4-2-3-5-7-16/h8-9H,2-7H2,1H3,(H,14,15). The molecule has 2 heterocycles. The molecule has 1 aromatic rings. The first-order valence-corrected chi connectivity index (χ1v) is 8.62. The molecule has 5 nitrogen and oxygen atoms in total. The topological polar surface area (TPSA) is 62.3 Å². The van der Waals surface area contributed by atoms with E-state index in [1.165, 1.54) is 4.31 Å². The summed E-state index contributed by atoms with van der Waals surface area (Å²) in [6, 6.07) is 1.72. The lowest BCUT2D eigenvalue weighted by Crippen LogP contribution is -2.36. The zero-order chi connectivity index (χ0) is 13.9. The predicted octanol–water partition coefficient (Wildman–Crippen LogP) is 2.69. The van der Waals surface area contributed by atoms with Crippen LogP contribution in [0.3, 0.4) is 0 Å². The van der Waals surface area contributed by atoms with Gasteiger partial charge < -0.3 is 0 Å². The first kappa shape index (κ1) is 14.7. The Labute approximate surface area is 122 Å². The van der Waals surface area contributed by atoms with E-state index in [4.69, 9.17) is 0 Å². The molecule has 0 spiro atoms. The molecule has 106 valence electrons. The summed E-state index contributed by atoms with van der Waals surface area (Å²) in [6.07, 6.45) is 5.65. The summed E-state index contributed by atoms with van der Waals surface area (Å²) in [6.45, 7) is 3.07. The third-order valence-electron chi connectivity index (χ3n) is 3.19. The summed E-state index contributed by atoms with van der Waals surface area (Å²) >= 11 is 3.35. The Morgan fingerprint density at radius 3 is 2.47 bits per heavy atom. The lowest BCUT2D eigenvalue weighted by atomic mass is 10.2. The molecular weight excluding hydrogens is 330 g/mol. The minimum absolute atomic E-state index is 0.366. The van der Waals surface area contributed by atoms with Crippen molar-refractivity contribution in [1.82, 2.24) is 9.29 Å². The van der Waals surface area contributed by atoms with E-state index in [1.54, 1.807) is 12.3 Å². The highest BCUT2D eigenvalue weighted by molar-refractivity contribution is 9.10. The second kappa shape index (κ2) is 6.19. The van der Waals surface area contributed by atoms with E-state index in [9.17, 15) is 8.42 Å². The van der Waals surface area contributed by atoms with Crippen molar-refractivity contribution in [3.8, 4) is 0 Å². The molecule has 1 aromatic heterocycles. The molecule has 0 atom stereocenters. The van der Waals surface area contributed by atoms with Crippen molar-refractivity contribution in [1.29, 1.82) is 0 Å². The van der Waals surface area contributed by atoms with Crippen LogP contribution < -0.4 is 4.72 Å². The second-order valence-corrected chi connectivity index (χ2v) is 7.26. The Hall–Kier alpha value is -0.660. The molecule has 2 rings (SSSR count). The minimum atomic E-state index is -3.48. The number of pyridine rings is 1. The van der Waals surface area contributed by atoms with Gasteiger partial charge in [-0.1, -0.05) is 12.8 Å². The average molecular weight is 348 g/mol. The molecule has 0 amide bonds. The van der Waals surface area contributed by atoms with Gasteiger partial charge in [-0.15, -0.1) is 0 Å². The zero-order valence-corrected chi connectivity index (χ0v) is 13.3. The van der Waals surface area contributed by atoms with E-state index in [-0.39, 0.29) is 0 Å². The van der Waals surface area contributed by atoms with Crippen molar-refractivity contribution >= 4 is 32.0 Å². The van der Waals surface area contributed by atoms with Crippen LogP contribution in [0.5, 0.6) is 0 Å². The number of rotatable bonds is 3.